The van der Waals surface area contributed by atoms with Crippen LogP contribution in [0.3, 0.4) is 0 Å². The Hall–Kier alpha value is 2.99. The van der Waals surface area contributed by atoms with Gasteiger partial charge in [0.1, 0.15) is 0 Å². The second-order valence-corrected chi connectivity index (χ2v) is 0. The van der Waals surface area contributed by atoms with Crippen LogP contribution < -0.4 is 0 Å². The van der Waals surface area contributed by atoms with Gasteiger partial charge < -0.3 is 0 Å². The maximum absolute atomic E-state index is 0. The first-order valence-electron chi connectivity index (χ1n) is 0. The minimum absolute atomic E-state index is 0. The summed E-state index contributed by atoms with van der Waals surface area (Å²) in [4.78, 5) is 0. The standard InChI is InChI=1S/Bi.Nb.Ta.Zn.3H. The van der Waals surface area contributed by atoms with Crippen LogP contribution in [-0.4, -0.2) is 26.2 Å². The van der Waals surface area contributed by atoms with Gasteiger partial charge in [-0.25, -0.2) is 0 Å². The van der Waals surface area contributed by atoms with Gasteiger partial charge >= 0.3 is 26.2 Å². The van der Waals surface area contributed by atoms with Crippen molar-refractivity contribution in [3.8, 4) is 0 Å². The summed E-state index contributed by atoms with van der Waals surface area (Å²) in [6, 6.07) is 0. The van der Waals surface area contributed by atoms with Gasteiger partial charge in [-0.05, 0) is 0 Å². The Kier molecular flexibility index (Phi) is 117. The second-order valence-electron chi connectivity index (χ2n) is 0. The molecule has 0 amide bonds. The van der Waals surface area contributed by atoms with Crippen LogP contribution in [0, 0.1) is 0 Å². The molecule has 0 aliphatic carbocycles. The third kappa shape index (κ3) is 8.89. The van der Waals surface area contributed by atoms with Crippen LogP contribution in [0.2, 0.25) is 0 Å². The summed E-state index contributed by atoms with van der Waals surface area (Å²) >= 11 is 0. The van der Waals surface area contributed by atoms with E-state index in [1.165, 1.54) is 0 Å². The molecule has 0 N–H and O–H groups in total. The Morgan fingerprint density at radius 3 is 1.00 bits per heavy atom. The first-order valence-corrected chi connectivity index (χ1v) is 0. The van der Waals surface area contributed by atoms with Crippen molar-refractivity contribution in [1.82, 2.24) is 0 Å². The molecule has 4 heteroatoms. The molecule has 4 heavy (non-hydrogen) atoms. The van der Waals surface area contributed by atoms with E-state index in [2.05, 4.69) is 0 Å². The summed E-state index contributed by atoms with van der Waals surface area (Å²) in [5.74, 6) is 0. The quantitative estimate of drug-likeness (QED) is 0.333. The van der Waals surface area contributed by atoms with Crippen molar-refractivity contribution in [2.24, 2.45) is 0 Å². The fourth-order valence-electron chi connectivity index (χ4n) is 0. The summed E-state index contributed by atoms with van der Waals surface area (Å²) in [7, 11) is 0. The van der Waals surface area contributed by atoms with Crippen LogP contribution in [0.4, 0.5) is 0 Å². The Morgan fingerprint density at radius 1 is 1.00 bits per heavy atom. The van der Waals surface area contributed by atoms with Crippen LogP contribution in [0.15, 0.2) is 0 Å². The van der Waals surface area contributed by atoms with E-state index in [0.717, 1.165) is 0 Å². The molecule has 0 bridgehead atoms. The van der Waals surface area contributed by atoms with E-state index in [4.69, 9.17) is 0 Å². The minimum atomic E-state index is 0. The summed E-state index contributed by atoms with van der Waals surface area (Å²) in [5.41, 5.74) is 0. The van der Waals surface area contributed by atoms with Crippen LogP contribution >= 0.6 is 0 Å². The molecule has 0 aromatic rings. The Labute approximate surface area is 88.8 Å². The summed E-state index contributed by atoms with van der Waals surface area (Å²) in [6.07, 6.45) is 0. The van der Waals surface area contributed by atoms with E-state index >= 15 is 0 Å². The van der Waals surface area contributed by atoms with Crippen molar-refractivity contribution >= 4 is 26.2 Å². The van der Waals surface area contributed by atoms with Gasteiger partial charge in [-0.15, -0.1) is 0 Å². The largest absolute Gasteiger partial charge is 0 e. The number of rotatable bonds is 0. The first kappa shape index (κ1) is 28.1. The molecule has 20 valence electrons. The Balaban J connectivity index is 0. The zero-order chi connectivity index (χ0) is 0. The van der Waals surface area contributed by atoms with Crippen molar-refractivity contribution in [2.75, 3.05) is 0 Å². The molecule has 0 fully saturated rings. The maximum Gasteiger partial charge on any atom is 0 e. The molecule has 0 aromatic carbocycles. The molecule has 0 rings (SSSR count). The average molecular weight is 551 g/mol. The zero-order valence-electron chi connectivity index (χ0n) is 2.31. The maximum atomic E-state index is 0. The van der Waals surface area contributed by atoms with Gasteiger partial charge in [0.2, 0.25) is 0 Å². The van der Waals surface area contributed by atoms with E-state index in [1.54, 1.807) is 0 Å². The molecule has 0 aliphatic rings. The van der Waals surface area contributed by atoms with E-state index in [9.17, 15) is 0 Å². The third-order valence-corrected chi connectivity index (χ3v) is 0. The minimum Gasteiger partial charge on any atom is 0 e. The van der Waals surface area contributed by atoms with Crippen molar-refractivity contribution in [1.29, 1.82) is 0 Å². The van der Waals surface area contributed by atoms with Crippen molar-refractivity contribution in [3.63, 3.8) is 0 Å². The van der Waals surface area contributed by atoms with Crippen molar-refractivity contribution < 1.29 is 64.2 Å². The number of hydrogen-bond acceptors (Lipinski definition) is 0. The first-order chi connectivity index (χ1) is 0. The van der Waals surface area contributed by atoms with E-state index < -0.39 is 0 Å². The van der Waals surface area contributed by atoms with Gasteiger partial charge in [0.25, 0.3) is 0 Å². The van der Waals surface area contributed by atoms with Gasteiger partial charge in [0, 0.05) is 64.2 Å². The van der Waals surface area contributed by atoms with Gasteiger partial charge in [-0.1, -0.05) is 0 Å². The molecule has 0 aromatic heterocycles. The van der Waals surface area contributed by atoms with Gasteiger partial charge in [0.05, 0.1) is 0 Å². The van der Waals surface area contributed by atoms with Gasteiger partial charge in [0.15, 0.2) is 0 Å². The molecular formula is H3BiNbTaZn. The molecule has 0 nitrogen and oxygen atoms in total. The predicted octanol–water partition coefficient (Wildman–Crippen LogP) is -1.19. The molecular weight excluding hydrogens is 548 g/mol. The SMILES string of the molecule is [BiH3].[Nb].[Ta].[Zn]. The van der Waals surface area contributed by atoms with E-state index in [0.29, 0.717) is 0 Å². The van der Waals surface area contributed by atoms with Crippen LogP contribution in [0.5, 0.6) is 0 Å². The van der Waals surface area contributed by atoms with E-state index in [1.807, 2.05) is 0 Å². The second kappa shape index (κ2) is 16.7. The number of hydrogen-bond donors (Lipinski definition) is 0. The molecule has 0 heterocycles. The zero-order valence-corrected chi connectivity index (χ0v) is 16.2. The monoisotopic (exact) mass is 550 g/mol. The fraction of sp³-hybridized carbons (Fsp3) is 0. The molecule has 0 saturated carbocycles. The summed E-state index contributed by atoms with van der Waals surface area (Å²) in [5, 5.41) is 0. The van der Waals surface area contributed by atoms with Crippen molar-refractivity contribution in [3.05, 3.63) is 0 Å². The third-order valence-electron chi connectivity index (χ3n) is 0. The smallest absolute Gasteiger partial charge is 0 e. The fourth-order valence-corrected chi connectivity index (χ4v) is 0. The van der Waals surface area contributed by atoms with Gasteiger partial charge in [-0.3, -0.25) is 0 Å². The van der Waals surface area contributed by atoms with Crippen LogP contribution in [0.1, 0.15) is 0 Å². The molecule has 0 unspecified atom stereocenters. The normalized spacial score (nSPS) is 0. The molecule has 0 spiro atoms. The summed E-state index contributed by atoms with van der Waals surface area (Å²) < 4.78 is 0. The molecule has 0 saturated heterocycles. The predicted molar refractivity (Wildman–Crippen MR) is 9.94 cm³/mol. The molecule has 2 radical (unpaired) electrons. The Morgan fingerprint density at radius 2 is 1.00 bits per heavy atom. The topological polar surface area (TPSA) is 0 Å². The van der Waals surface area contributed by atoms with Crippen molar-refractivity contribution in [2.45, 2.75) is 0 Å². The summed E-state index contributed by atoms with van der Waals surface area (Å²) in [6.45, 7) is 0. The van der Waals surface area contributed by atoms with Gasteiger partial charge in [-0.2, -0.15) is 0 Å². The van der Waals surface area contributed by atoms with Crippen LogP contribution in [-0.2, 0) is 64.2 Å². The molecule has 0 atom stereocenters. The molecule has 0 aliphatic heterocycles. The van der Waals surface area contributed by atoms with Crippen LogP contribution in [0.25, 0.3) is 0 Å². The van der Waals surface area contributed by atoms with E-state index in [-0.39, 0.29) is 90.4 Å². The average Bonchev–Trinajstić information content (AvgIpc) is 0. The Bertz CT molecular complexity index is 8.00.